The molecule has 1 amide bonds. The minimum Gasteiger partial charge on any atom is -0.454 e. The summed E-state index contributed by atoms with van der Waals surface area (Å²) < 4.78 is 12.2. The molecule has 0 fully saturated rings. The Balaban J connectivity index is 1.39. The number of benzene rings is 2. The fourth-order valence-corrected chi connectivity index (χ4v) is 4.40. The Morgan fingerprint density at radius 3 is 2.75 bits per heavy atom. The molecule has 5 rings (SSSR count). The molecule has 2 aromatic carbocycles. The first-order chi connectivity index (χ1) is 15.5. The molecular formula is C21H15N5O5S. The molecule has 1 N–H and O–H groups in total. The molecule has 2 aromatic heterocycles. The number of nitro benzene ring substituents is 1. The summed E-state index contributed by atoms with van der Waals surface area (Å²) in [7, 11) is 0. The van der Waals surface area contributed by atoms with Crippen LogP contribution in [-0.2, 0) is 0 Å². The van der Waals surface area contributed by atoms with Gasteiger partial charge in [0.25, 0.3) is 11.6 Å². The zero-order valence-corrected chi connectivity index (χ0v) is 17.5. The van der Waals surface area contributed by atoms with Gasteiger partial charge in [-0.05, 0) is 31.2 Å². The fourth-order valence-electron chi connectivity index (χ4n) is 3.33. The topological polar surface area (TPSA) is 121 Å². The third-order valence-electron chi connectivity index (χ3n) is 4.86. The van der Waals surface area contributed by atoms with Gasteiger partial charge < -0.3 is 9.47 Å². The van der Waals surface area contributed by atoms with Crippen LogP contribution in [0.3, 0.4) is 0 Å². The van der Waals surface area contributed by atoms with Gasteiger partial charge in [-0.15, -0.1) is 11.3 Å². The molecule has 0 atom stereocenters. The van der Waals surface area contributed by atoms with Gasteiger partial charge in [-0.3, -0.25) is 14.9 Å². The summed E-state index contributed by atoms with van der Waals surface area (Å²) in [4.78, 5) is 24.7. The molecule has 10 nitrogen and oxygen atoms in total. The number of ether oxygens (including phenoxy) is 2. The Hall–Kier alpha value is -4.25. The number of fused-ring (bicyclic) bond motifs is 2. The number of amides is 1. The first kappa shape index (κ1) is 19.7. The van der Waals surface area contributed by atoms with Crippen LogP contribution < -0.4 is 14.9 Å². The van der Waals surface area contributed by atoms with Crippen LogP contribution in [-0.4, -0.2) is 33.6 Å². The number of para-hydroxylation sites is 1. The maximum atomic E-state index is 12.6. The number of thiophene rings is 1. The van der Waals surface area contributed by atoms with Gasteiger partial charge in [0, 0.05) is 5.39 Å². The molecular weight excluding hydrogens is 434 g/mol. The van der Waals surface area contributed by atoms with Crippen molar-refractivity contribution >= 4 is 39.4 Å². The molecule has 0 spiro atoms. The van der Waals surface area contributed by atoms with E-state index < -0.39 is 10.8 Å². The van der Waals surface area contributed by atoms with E-state index in [0.717, 1.165) is 21.6 Å². The predicted molar refractivity (Wildman–Crippen MR) is 118 cm³/mol. The van der Waals surface area contributed by atoms with Gasteiger partial charge in [0.1, 0.15) is 4.83 Å². The lowest BCUT2D eigenvalue weighted by Crippen LogP contribution is -2.16. The van der Waals surface area contributed by atoms with E-state index in [1.54, 1.807) is 10.7 Å². The molecule has 0 unspecified atom stereocenters. The highest BCUT2D eigenvalue weighted by Gasteiger charge is 2.23. The van der Waals surface area contributed by atoms with Gasteiger partial charge in [-0.25, -0.2) is 10.1 Å². The zero-order chi connectivity index (χ0) is 22.2. The van der Waals surface area contributed by atoms with Crippen LogP contribution in [0.5, 0.6) is 11.5 Å². The predicted octanol–water partition coefficient (Wildman–Crippen LogP) is 3.80. The van der Waals surface area contributed by atoms with E-state index in [1.807, 2.05) is 37.3 Å². The first-order valence-electron chi connectivity index (χ1n) is 9.47. The van der Waals surface area contributed by atoms with E-state index in [4.69, 9.17) is 9.47 Å². The molecule has 1 aliphatic rings. The number of hydrogen-bond donors (Lipinski definition) is 1. The number of aryl methyl sites for hydroxylation is 1. The van der Waals surface area contributed by atoms with Crippen molar-refractivity contribution in [3.8, 4) is 17.2 Å². The second-order valence-electron chi connectivity index (χ2n) is 6.88. The van der Waals surface area contributed by atoms with Crippen LogP contribution in [0.2, 0.25) is 0 Å². The summed E-state index contributed by atoms with van der Waals surface area (Å²) >= 11 is 1.29. The van der Waals surface area contributed by atoms with Crippen molar-refractivity contribution in [2.75, 3.05) is 6.79 Å². The molecule has 1 aliphatic heterocycles. The SMILES string of the molecule is Cc1nn(-c2ccccc2)c2sc(C(=O)NN=Cc3cc4c(cc3[N+](=O)[O-])OCO4)cc12. The monoisotopic (exact) mass is 449 g/mol. The molecule has 4 aromatic rings. The fraction of sp³-hybridized carbons (Fsp3) is 0.0952. The number of aromatic nitrogens is 2. The van der Waals surface area contributed by atoms with Crippen LogP contribution in [0.25, 0.3) is 15.9 Å². The molecule has 0 radical (unpaired) electrons. The average molecular weight is 449 g/mol. The third-order valence-corrected chi connectivity index (χ3v) is 5.97. The number of hydrazone groups is 1. The second kappa shape index (κ2) is 7.78. The molecule has 0 saturated heterocycles. The smallest absolute Gasteiger partial charge is 0.282 e. The van der Waals surface area contributed by atoms with Gasteiger partial charge in [-0.1, -0.05) is 18.2 Å². The summed E-state index contributed by atoms with van der Waals surface area (Å²) in [6, 6.07) is 14.1. The summed E-state index contributed by atoms with van der Waals surface area (Å²) in [6.07, 6.45) is 1.21. The molecule has 0 saturated carbocycles. The van der Waals surface area contributed by atoms with Crippen LogP contribution in [0.15, 0.2) is 53.6 Å². The summed E-state index contributed by atoms with van der Waals surface area (Å²) in [5, 5.41) is 20.7. The minimum absolute atomic E-state index is 0.00438. The lowest BCUT2D eigenvalue weighted by Gasteiger charge is -2.01. The largest absolute Gasteiger partial charge is 0.454 e. The summed E-state index contributed by atoms with van der Waals surface area (Å²) in [5.74, 6) is 0.254. The van der Waals surface area contributed by atoms with Crippen molar-refractivity contribution < 1.29 is 19.2 Å². The van der Waals surface area contributed by atoms with E-state index >= 15 is 0 Å². The van der Waals surface area contributed by atoms with E-state index in [2.05, 4.69) is 15.6 Å². The molecule has 0 bridgehead atoms. The number of carbonyl (C=O) groups is 1. The van der Waals surface area contributed by atoms with Crippen LogP contribution >= 0.6 is 11.3 Å². The van der Waals surface area contributed by atoms with Crippen LogP contribution in [0, 0.1) is 17.0 Å². The number of carbonyl (C=O) groups excluding carboxylic acids is 1. The van der Waals surface area contributed by atoms with Crippen molar-refractivity contribution in [2.24, 2.45) is 5.10 Å². The highest BCUT2D eigenvalue weighted by molar-refractivity contribution is 7.20. The number of nitro groups is 1. The van der Waals surface area contributed by atoms with Crippen molar-refractivity contribution in [3.05, 3.63) is 74.8 Å². The first-order valence-corrected chi connectivity index (χ1v) is 10.3. The normalized spacial score (nSPS) is 12.5. The second-order valence-corrected chi connectivity index (χ2v) is 7.91. The lowest BCUT2D eigenvalue weighted by molar-refractivity contribution is -0.385. The summed E-state index contributed by atoms with van der Waals surface area (Å²) in [5.41, 5.74) is 4.11. The van der Waals surface area contributed by atoms with Crippen LogP contribution in [0.4, 0.5) is 5.69 Å². The standard InChI is InChI=1S/C21H15N5O5S/c1-12-15-8-19(32-21(15)25(24-12)14-5-3-2-4-6-14)20(27)23-22-10-13-7-17-18(31-11-30-17)9-16(13)26(28)29/h2-10H,11H2,1H3,(H,23,27). The maximum Gasteiger partial charge on any atom is 0.282 e. The van der Waals surface area contributed by atoms with Gasteiger partial charge in [0.2, 0.25) is 6.79 Å². The quantitative estimate of drug-likeness (QED) is 0.281. The number of hydrogen-bond acceptors (Lipinski definition) is 8. The van der Waals surface area contributed by atoms with E-state index in [1.165, 1.54) is 29.7 Å². The number of rotatable bonds is 5. The third kappa shape index (κ3) is 3.44. The molecule has 0 aliphatic carbocycles. The molecule has 3 heterocycles. The van der Waals surface area contributed by atoms with E-state index in [9.17, 15) is 14.9 Å². The van der Waals surface area contributed by atoms with Gasteiger partial charge in [0.15, 0.2) is 11.5 Å². The minimum atomic E-state index is -0.546. The van der Waals surface area contributed by atoms with E-state index in [0.29, 0.717) is 16.4 Å². The lowest BCUT2D eigenvalue weighted by atomic mass is 10.1. The Kier molecular flexibility index (Phi) is 4.79. The Morgan fingerprint density at radius 1 is 1.25 bits per heavy atom. The van der Waals surface area contributed by atoms with Crippen molar-refractivity contribution in [2.45, 2.75) is 6.92 Å². The maximum absolute atomic E-state index is 12.6. The van der Waals surface area contributed by atoms with Crippen LogP contribution in [0.1, 0.15) is 20.9 Å². The Morgan fingerprint density at radius 2 is 2.00 bits per heavy atom. The van der Waals surface area contributed by atoms with Gasteiger partial charge in [0.05, 0.1) is 39.0 Å². The molecule has 11 heteroatoms. The number of nitrogens with zero attached hydrogens (tertiary/aromatic N) is 4. The van der Waals surface area contributed by atoms with Crippen molar-refractivity contribution in [1.29, 1.82) is 0 Å². The van der Waals surface area contributed by atoms with Gasteiger partial charge in [-0.2, -0.15) is 10.2 Å². The Labute approximate surface area is 184 Å². The van der Waals surface area contributed by atoms with Crippen molar-refractivity contribution in [3.63, 3.8) is 0 Å². The number of nitrogens with one attached hydrogen (secondary N) is 1. The highest BCUT2D eigenvalue weighted by Crippen LogP contribution is 2.37. The summed E-state index contributed by atoms with van der Waals surface area (Å²) in [6.45, 7) is 1.88. The van der Waals surface area contributed by atoms with E-state index in [-0.39, 0.29) is 18.0 Å². The zero-order valence-electron chi connectivity index (χ0n) is 16.6. The Bertz CT molecular complexity index is 1390. The van der Waals surface area contributed by atoms with Gasteiger partial charge >= 0.3 is 0 Å². The average Bonchev–Trinajstić information content (AvgIpc) is 3.50. The van der Waals surface area contributed by atoms with Crippen molar-refractivity contribution in [1.82, 2.24) is 15.2 Å². The highest BCUT2D eigenvalue weighted by atomic mass is 32.1. The molecule has 32 heavy (non-hydrogen) atoms. The molecule has 160 valence electrons.